The van der Waals surface area contributed by atoms with E-state index in [9.17, 15) is 0 Å². The van der Waals surface area contributed by atoms with Crippen LogP contribution in [0.5, 0.6) is 0 Å². The van der Waals surface area contributed by atoms with Gasteiger partial charge in [0, 0.05) is 29.0 Å². The van der Waals surface area contributed by atoms with E-state index in [1.165, 1.54) is 11.1 Å². The molecule has 0 aliphatic heterocycles. The van der Waals surface area contributed by atoms with Crippen LogP contribution in [0.4, 0.5) is 0 Å². The molecule has 0 amide bonds. The lowest BCUT2D eigenvalue weighted by molar-refractivity contribution is 1.19. The predicted octanol–water partition coefficient (Wildman–Crippen LogP) is 5.90. The lowest BCUT2D eigenvalue weighted by Crippen LogP contribution is -1.80. The van der Waals surface area contributed by atoms with Crippen molar-refractivity contribution in [3.05, 3.63) is 84.1 Å². The molecule has 0 unspecified atom stereocenters. The van der Waals surface area contributed by atoms with Gasteiger partial charge in [0.15, 0.2) is 0 Å². The van der Waals surface area contributed by atoms with Crippen LogP contribution in [0.2, 0.25) is 5.02 Å². The fourth-order valence-electron chi connectivity index (χ4n) is 2.56. The Labute approximate surface area is 150 Å². The summed E-state index contributed by atoms with van der Waals surface area (Å²) in [6.45, 7) is 0. The molecule has 0 fully saturated rings. The zero-order valence-electron chi connectivity index (χ0n) is 12.2. The quantitative estimate of drug-likeness (QED) is 0.420. The lowest BCUT2D eigenvalue weighted by atomic mass is 10.0. The number of rotatable bonds is 2. The average Bonchev–Trinajstić information content (AvgIpc) is 2.99. The molecule has 0 aliphatic carbocycles. The molecule has 0 bridgehead atoms. The molecule has 0 saturated carbocycles. The van der Waals surface area contributed by atoms with Gasteiger partial charge in [0.05, 0.1) is 5.69 Å². The second kappa shape index (κ2) is 6.57. The van der Waals surface area contributed by atoms with Crippen LogP contribution >= 0.6 is 28.6 Å². The minimum absolute atomic E-state index is 0. The topological polar surface area (TPSA) is 17.3 Å². The van der Waals surface area contributed by atoms with E-state index in [2.05, 4.69) is 53.5 Å². The first-order valence-electron chi connectivity index (χ1n) is 7.10. The Hall–Kier alpha value is -2.10. The van der Waals surface area contributed by atoms with Crippen LogP contribution in [0.15, 0.2) is 79.1 Å². The summed E-state index contributed by atoms with van der Waals surface area (Å²) < 4.78 is 1.98. The van der Waals surface area contributed by atoms with Gasteiger partial charge in [-0.15, -0.1) is 17.0 Å². The summed E-state index contributed by atoms with van der Waals surface area (Å²) in [5, 5.41) is 0.698. The Bertz CT molecular complexity index is 931. The highest BCUT2D eigenvalue weighted by Crippen LogP contribution is 2.25. The van der Waals surface area contributed by atoms with E-state index in [0.717, 1.165) is 16.9 Å². The van der Waals surface area contributed by atoms with E-state index >= 15 is 0 Å². The third-order valence-electron chi connectivity index (χ3n) is 3.71. The molecule has 4 rings (SSSR count). The molecule has 0 saturated heterocycles. The van der Waals surface area contributed by atoms with Gasteiger partial charge in [-0.3, -0.25) is 0 Å². The van der Waals surface area contributed by atoms with Crippen molar-refractivity contribution in [3.63, 3.8) is 0 Å². The first-order chi connectivity index (χ1) is 10.8. The number of hydrogen-bond acceptors (Lipinski definition) is 1. The van der Waals surface area contributed by atoms with E-state index in [-0.39, 0.29) is 17.0 Å². The van der Waals surface area contributed by atoms with Crippen molar-refractivity contribution in [1.82, 2.24) is 9.38 Å². The maximum Gasteiger partial charge on any atom is 0.138 e. The molecule has 2 aromatic heterocycles. The highest BCUT2D eigenvalue weighted by Gasteiger charge is 2.05. The number of aromatic nitrogens is 2. The first kappa shape index (κ1) is 15.8. The molecule has 2 nitrogen and oxygen atoms in total. The van der Waals surface area contributed by atoms with Gasteiger partial charge in [0.25, 0.3) is 0 Å². The van der Waals surface area contributed by atoms with Crippen LogP contribution in [0.3, 0.4) is 0 Å². The number of fused-ring (bicyclic) bond motifs is 1. The summed E-state index contributed by atoms with van der Waals surface area (Å²) in [4.78, 5) is 4.62. The summed E-state index contributed by atoms with van der Waals surface area (Å²) in [6, 6.07) is 22.5. The minimum Gasteiger partial charge on any atom is -0.306 e. The van der Waals surface area contributed by atoms with E-state index in [1.807, 2.05) is 35.0 Å². The van der Waals surface area contributed by atoms with Crippen molar-refractivity contribution < 1.29 is 0 Å². The zero-order valence-corrected chi connectivity index (χ0v) is 14.7. The van der Waals surface area contributed by atoms with Crippen LogP contribution in [0.1, 0.15) is 0 Å². The Morgan fingerprint density at radius 2 is 1.43 bits per heavy atom. The second-order valence-electron chi connectivity index (χ2n) is 5.18. The standard InChI is InChI=1S/C19H13ClN2.BrH/c20-17-10-11-22-13-18(21-19(22)12-17)16-8-6-15(7-9-16)14-4-2-1-3-5-14;/h1-13H;1H. The molecule has 114 valence electrons. The van der Waals surface area contributed by atoms with Crippen LogP contribution in [0.25, 0.3) is 28.0 Å². The highest BCUT2D eigenvalue weighted by molar-refractivity contribution is 8.93. The number of benzene rings is 2. The van der Waals surface area contributed by atoms with E-state index in [1.54, 1.807) is 0 Å². The number of pyridine rings is 1. The number of halogens is 2. The summed E-state index contributed by atoms with van der Waals surface area (Å²) in [5.74, 6) is 0. The molecule has 0 aliphatic rings. The molecule has 2 heterocycles. The maximum atomic E-state index is 6.01. The molecule has 0 spiro atoms. The predicted molar refractivity (Wildman–Crippen MR) is 101 cm³/mol. The maximum absolute atomic E-state index is 6.01. The van der Waals surface area contributed by atoms with E-state index < -0.39 is 0 Å². The summed E-state index contributed by atoms with van der Waals surface area (Å²) in [5.41, 5.74) is 5.32. The monoisotopic (exact) mass is 384 g/mol. The van der Waals surface area contributed by atoms with E-state index in [0.29, 0.717) is 5.02 Å². The Morgan fingerprint density at radius 3 is 2.17 bits per heavy atom. The third kappa shape index (κ3) is 3.16. The minimum atomic E-state index is 0. The van der Waals surface area contributed by atoms with Crippen molar-refractivity contribution in [2.75, 3.05) is 0 Å². The van der Waals surface area contributed by atoms with Gasteiger partial charge in [-0.05, 0) is 17.2 Å². The molecule has 2 aromatic carbocycles. The SMILES string of the molecule is Br.Clc1ccn2cc(-c3ccc(-c4ccccc4)cc3)nc2c1. The van der Waals surface area contributed by atoms with E-state index in [4.69, 9.17) is 11.6 Å². The average molecular weight is 386 g/mol. The Kier molecular flexibility index (Phi) is 4.51. The molecule has 4 aromatic rings. The van der Waals surface area contributed by atoms with Gasteiger partial charge in [-0.1, -0.05) is 66.2 Å². The van der Waals surface area contributed by atoms with Crippen LogP contribution in [-0.4, -0.2) is 9.38 Å². The van der Waals surface area contributed by atoms with Gasteiger partial charge >= 0.3 is 0 Å². The van der Waals surface area contributed by atoms with Crippen LogP contribution < -0.4 is 0 Å². The van der Waals surface area contributed by atoms with Crippen molar-refractivity contribution in [2.45, 2.75) is 0 Å². The molecule has 0 atom stereocenters. The summed E-state index contributed by atoms with van der Waals surface area (Å²) in [6.07, 6.45) is 3.94. The van der Waals surface area contributed by atoms with Gasteiger partial charge in [0.1, 0.15) is 5.65 Å². The molecule has 0 radical (unpaired) electrons. The largest absolute Gasteiger partial charge is 0.306 e. The summed E-state index contributed by atoms with van der Waals surface area (Å²) in [7, 11) is 0. The Balaban J connectivity index is 0.00000156. The lowest BCUT2D eigenvalue weighted by Gasteiger charge is -2.02. The number of imidazole rings is 1. The van der Waals surface area contributed by atoms with Gasteiger partial charge in [0.2, 0.25) is 0 Å². The molecular formula is C19H14BrClN2. The van der Waals surface area contributed by atoms with Crippen molar-refractivity contribution in [1.29, 1.82) is 0 Å². The molecular weight excluding hydrogens is 372 g/mol. The molecule has 4 heteroatoms. The zero-order chi connectivity index (χ0) is 14.9. The summed E-state index contributed by atoms with van der Waals surface area (Å²) >= 11 is 6.01. The fraction of sp³-hybridized carbons (Fsp3) is 0. The Morgan fingerprint density at radius 1 is 0.783 bits per heavy atom. The number of hydrogen-bond donors (Lipinski definition) is 0. The molecule has 23 heavy (non-hydrogen) atoms. The normalized spacial score (nSPS) is 10.5. The van der Waals surface area contributed by atoms with Crippen molar-refractivity contribution >= 4 is 34.2 Å². The fourth-order valence-corrected chi connectivity index (χ4v) is 2.71. The highest BCUT2D eigenvalue weighted by atomic mass is 79.9. The van der Waals surface area contributed by atoms with Gasteiger partial charge in [-0.2, -0.15) is 0 Å². The first-order valence-corrected chi connectivity index (χ1v) is 7.47. The molecule has 0 N–H and O–H groups in total. The second-order valence-corrected chi connectivity index (χ2v) is 5.62. The van der Waals surface area contributed by atoms with Crippen LogP contribution in [0, 0.1) is 0 Å². The van der Waals surface area contributed by atoms with Crippen molar-refractivity contribution in [2.24, 2.45) is 0 Å². The van der Waals surface area contributed by atoms with Gasteiger partial charge in [-0.25, -0.2) is 4.98 Å². The van der Waals surface area contributed by atoms with Gasteiger partial charge < -0.3 is 4.40 Å². The third-order valence-corrected chi connectivity index (χ3v) is 3.95. The van der Waals surface area contributed by atoms with Crippen LogP contribution in [-0.2, 0) is 0 Å². The number of nitrogens with zero attached hydrogens (tertiary/aromatic N) is 2. The smallest absolute Gasteiger partial charge is 0.138 e. The van der Waals surface area contributed by atoms with Crippen molar-refractivity contribution in [3.8, 4) is 22.4 Å².